The first-order valence-corrected chi connectivity index (χ1v) is 7.54. The number of hydrogen-bond donors (Lipinski definition) is 1. The van der Waals surface area contributed by atoms with Crippen molar-refractivity contribution in [2.75, 3.05) is 13.2 Å². The summed E-state index contributed by atoms with van der Waals surface area (Å²) in [6.45, 7) is 2.60. The fraction of sp³-hybridized carbons (Fsp3) is 0.438. The maximum atomic E-state index is 11.7. The standard InChI is InChI=1S/C16H20N4O2/c1-12-9-19(16(22)11-21)10-15-18-17-14(20(12)15)8-7-13-5-3-2-4-6-13/h2-6,12,21H,7-11H2,1H3/t12-/m0/s1. The van der Waals surface area contributed by atoms with E-state index in [2.05, 4.69) is 33.8 Å². The molecule has 0 aliphatic carbocycles. The van der Waals surface area contributed by atoms with Crippen LogP contribution in [0.3, 0.4) is 0 Å². The van der Waals surface area contributed by atoms with Gasteiger partial charge < -0.3 is 14.6 Å². The van der Waals surface area contributed by atoms with Gasteiger partial charge in [0.05, 0.1) is 12.6 Å². The third-order valence-corrected chi connectivity index (χ3v) is 4.06. The maximum Gasteiger partial charge on any atom is 0.248 e. The van der Waals surface area contributed by atoms with E-state index in [9.17, 15) is 4.79 Å². The number of hydrogen-bond acceptors (Lipinski definition) is 4. The number of aliphatic hydroxyl groups excluding tert-OH is 1. The third kappa shape index (κ3) is 2.87. The lowest BCUT2D eigenvalue weighted by Gasteiger charge is -2.32. The minimum absolute atomic E-state index is 0.125. The van der Waals surface area contributed by atoms with Crippen LogP contribution in [0.4, 0.5) is 0 Å². The lowest BCUT2D eigenvalue weighted by Crippen LogP contribution is -2.42. The van der Waals surface area contributed by atoms with Crippen LogP contribution in [0.1, 0.15) is 30.2 Å². The minimum Gasteiger partial charge on any atom is -0.387 e. The summed E-state index contributed by atoms with van der Waals surface area (Å²) in [5.74, 6) is 1.50. The topological polar surface area (TPSA) is 71.2 Å². The van der Waals surface area contributed by atoms with E-state index >= 15 is 0 Å². The molecule has 6 heteroatoms. The van der Waals surface area contributed by atoms with Crippen LogP contribution in [0.25, 0.3) is 0 Å². The highest BCUT2D eigenvalue weighted by Crippen LogP contribution is 2.22. The maximum absolute atomic E-state index is 11.7. The average Bonchev–Trinajstić information content (AvgIpc) is 2.96. The lowest BCUT2D eigenvalue weighted by atomic mass is 10.1. The second kappa shape index (κ2) is 6.27. The van der Waals surface area contributed by atoms with E-state index in [1.165, 1.54) is 5.56 Å². The molecule has 0 bridgehead atoms. The molecule has 0 spiro atoms. The predicted octanol–water partition coefficient (Wildman–Crippen LogP) is 0.959. The van der Waals surface area contributed by atoms with Gasteiger partial charge in [-0.1, -0.05) is 30.3 Å². The van der Waals surface area contributed by atoms with Crippen molar-refractivity contribution in [3.63, 3.8) is 0 Å². The van der Waals surface area contributed by atoms with Gasteiger partial charge in [-0.2, -0.15) is 0 Å². The molecule has 2 aromatic rings. The van der Waals surface area contributed by atoms with E-state index < -0.39 is 6.61 Å². The van der Waals surface area contributed by atoms with Gasteiger partial charge in [-0.05, 0) is 18.9 Å². The van der Waals surface area contributed by atoms with Crippen LogP contribution in [0.2, 0.25) is 0 Å². The highest BCUT2D eigenvalue weighted by molar-refractivity contribution is 5.77. The zero-order valence-corrected chi connectivity index (χ0v) is 12.6. The summed E-state index contributed by atoms with van der Waals surface area (Å²) in [5, 5.41) is 17.5. The normalized spacial score (nSPS) is 17.4. The average molecular weight is 300 g/mol. The molecule has 1 aliphatic heterocycles. The molecule has 1 atom stereocenters. The largest absolute Gasteiger partial charge is 0.387 e. The highest BCUT2D eigenvalue weighted by atomic mass is 16.3. The molecule has 0 radical (unpaired) electrons. The third-order valence-electron chi connectivity index (χ3n) is 4.06. The Kier molecular flexibility index (Phi) is 4.20. The summed E-state index contributed by atoms with van der Waals surface area (Å²) in [5.41, 5.74) is 1.28. The lowest BCUT2D eigenvalue weighted by molar-refractivity contribution is -0.136. The molecule has 1 aromatic carbocycles. The summed E-state index contributed by atoms with van der Waals surface area (Å²) >= 11 is 0. The Morgan fingerprint density at radius 1 is 1.27 bits per heavy atom. The molecule has 1 amide bonds. The number of amides is 1. The summed E-state index contributed by atoms with van der Waals surface area (Å²) < 4.78 is 2.13. The van der Waals surface area contributed by atoms with Crippen LogP contribution in [-0.2, 0) is 24.2 Å². The van der Waals surface area contributed by atoms with Gasteiger partial charge in [0.25, 0.3) is 0 Å². The van der Waals surface area contributed by atoms with Gasteiger partial charge in [0, 0.05) is 13.0 Å². The van der Waals surface area contributed by atoms with Crippen molar-refractivity contribution in [3.05, 3.63) is 47.5 Å². The first-order valence-electron chi connectivity index (χ1n) is 7.54. The van der Waals surface area contributed by atoms with Gasteiger partial charge in [0.1, 0.15) is 12.4 Å². The van der Waals surface area contributed by atoms with Crippen LogP contribution >= 0.6 is 0 Å². The molecule has 1 aromatic heterocycles. The Morgan fingerprint density at radius 3 is 2.77 bits per heavy atom. The molecule has 0 saturated carbocycles. The predicted molar refractivity (Wildman–Crippen MR) is 81.1 cm³/mol. The fourth-order valence-electron chi connectivity index (χ4n) is 2.97. The Hall–Kier alpha value is -2.21. The molecule has 0 unspecified atom stereocenters. The number of aromatic nitrogens is 3. The minimum atomic E-state index is -0.457. The van der Waals surface area contributed by atoms with E-state index in [-0.39, 0.29) is 11.9 Å². The van der Waals surface area contributed by atoms with Crippen molar-refractivity contribution in [2.24, 2.45) is 0 Å². The van der Waals surface area contributed by atoms with Crippen LogP contribution in [0.15, 0.2) is 30.3 Å². The molecule has 1 N–H and O–H groups in total. The van der Waals surface area contributed by atoms with Gasteiger partial charge in [-0.25, -0.2) is 0 Å². The first-order chi connectivity index (χ1) is 10.7. The van der Waals surface area contributed by atoms with E-state index in [1.54, 1.807) is 4.90 Å². The zero-order chi connectivity index (χ0) is 15.5. The number of carbonyl (C=O) groups is 1. The fourth-order valence-corrected chi connectivity index (χ4v) is 2.97. The van der Waals surface area contributed by atoms with Gasteiger partial charge >= 0.3 is 0 Å². The number of benzene rings is 1. The van der Waals surface area contributed by atoms with Crippen molar-refractivity contribution in [3.8, 4) is 0 Å². The number of aryl methyl sites for hydroxylation is 2. The highest BCUT2D eigenvalue weighted by Gasteiger charge is 2.28. The first kappa shape index (κ1) is 14.7. The van der Waals surface area contributed by atoms with E-state index in [1.807, 2.05) is 18.2 Å². The molecule has 2 heterocycles. The van der Waals surface area contributed by atoms with E-state index in [4.69, 9.17) is 5.11 Å². The molecule has 116 valence electrons. The van der Waals surface area contributed by atoms with Gasteiger partial charge in [-0.3, -0.25) is 4.79 Å². The van der Waals surface area contributed by atoms with Crippen LogP contribution < -0.4 is 0 Å². The number of aliphatic hydroxyl groups is 1. The van der Waals surface area contributed by atoms with Crippen LogP contribution in [0.5, 0.6) is 0 Å². The number of nitrogens with zero attached hydrogens (tertiary/aromatic N) is 4. The van der Waals surface area contributed by atoms with Gasteiger partial charge in [0.15, 0.2) is 5.82 Å². The smallest absolute Gasteiger partial charge is 0.248 e. The quantitative estimate of drug-likeness (QED) is 0.913. The van der Waals surface area contributed by atoms with Gasteiger partial charge in [-0.15, -0.1) is 10.2 Å². The number of carbonyl (C=O) groups excluding carboxylic acids is 1. The second-order valence-electron chi connectivity index (χ2n) is 5.67. The van der Waals surface area contributed by atoms with E-state index in [0.29, 0.717) is 13.1 Å². The molecule has 3 rings (SSSR count). The van der Waals surface area contributed by atoms with Crippen molar-refractivity contribution in [1.29, 1.82) is 0 Å². The number of fused-ring (bicyclic) bond motifs is 1. The zero-order valence-electron chi connectivity index (χ0n) is 12.6. The van der Waals surface area contributed by atoms with Crippen molar-refractivity contribution in [2.45, 2.75) is 32.4 Å². The van der Waals surface area contributed by atoms with Crippen molar-refractivity contribution >= 4 is 5.91 Å². The van der Waals surface area contributed by atoms with Crippen LogP contribution in [-0.4, -0.2) is 43.8 Å². The summed E-state index contributed by atoms with van der Waals surface area (Å²) in [4.78, 5) is 13.3. The molecule has 0 fully saturated rings. The van der Waals surface area contributed by atoms with Gasteiger partial charge in [0.2, 0.25) is 5.91 Å². The van der Waals surface area contributed by atoms with E-state index in [0.717, 1.165) is 24.5 Å². The SMILES string of the molecule is C[C@H]1CN(C(=O)CO)Cc2nnc(CCc3ccccc3)n21. The Bertz CT molecular complexity index is 653. The van der Waals surface area contributed by atoms with Crippen LogP contribution in [0, 0.1) is 0 Å². The Morgan fingerprint density at radius 2 is 2.05 bits per heavy atom. The second-order valence-corrected chi connectivity index (χ2v) is 5.67. The summed E-state index contributed by atoms with van der Waals surface area (Å²) in [6, 6.07) is 10.4. The summed E-state index contributed by atoms with van der Waals surface area (Å²) in [7, 11) is 0. The molecular weight excluding hydrogens is 280 g/mol. The van der Waals surface area contributed by atoms with Crippen molar-refractivity contribution in [1.82, 2.24) is 19.7 Å². The Labute approximate surface area is 129 Å². The number of rotatable bonds is 4. The molecule has 22 heavy (non-hydrogen) atoms. The van der Waals surface area contributed by atoms with Crippen molar-refractivity contribution < 1.29 is 9.90 Å². The Balaban J connectivity index is 1.74. The molecular formula is C16H20N4O2. The monoisotopic (exact) mass is 300 g/mol. The molecule has 1 aliphatic rings. The summed E-state index contributed by atoms with van der Waals surface area (Å²) in [6.07, 6.45) is 1.75. The molecule has 0 saturated heterocycles. The molecule has 6 nitrogen and oxygen atoms in total.